The van der Waals surface area contributed by atoms with Gasteiger partial charge in [0.25, 0.3) is 0 Å². The minimum atomic E-state index is -0.136. The molecule has 0 radical (unpaired) electrons. The molecule has 0 saturated carbocycles. The first-order valence-electron chi connectivity index (χ1n) is 11.9. The first-order chi connectivity index (χ1) is 15.9. The Bertz CT molecular complexity index is 1130. The molecule has 33 heavy (non-hydrogen) atoms. The summed E-state index contributed by atoms with van der Waals surface area (Å²) >= 11 is 0. The van der Waals surface area contributed by atoms with Crippen molar-refractivity contribution in [3.63, 3.8) is 0 Å². The quantitative estimate of drug-likeness (QED) is 0.520. The number of amides is 2. The molecule has 1 atom stereocenters. The predicted molar refractivity (Wildman–Crippen MR) is 131 cm³/mol. The van der Waals surface area contributed by atoms with Crippen LogP contribution in [0.15, 0.2) is 42.7 Å². The fraction of sp³-hybridized carbons (Fsp3) is 0.462. The molecule has 0 N–H and O–H groups in total. The van der Waals surface area contributed by atoms with Crippen molar-refractivity contribution in [3.8, 4) is 0 Å². The van der Waals surface area contributed by atoms with Gasteiger partial charge < -0.3 is 9.47 Å². The molecule has 4 rings (SSSR count). The van der Waals surface area contributed by atoms with Crippen LogP contribution in [-0.4, -0.2) is 44.3 Å². The Morgan fingerprint density at radius 2 is 1.85 bits per heavy atom. The lowest BCUT2D eigenvalue weighted by Crippen LogP contribution is -2.37. The number of nitrogens with zero attached hydrogens (tertiary/aromatic N) is 5. The standard InChI is InChI=1S/C26H33N5O2/c1-5-23(6-2)30-15-13-21-16-27-26(28-25(21)30)31(19(4)33)24-11-9-20(10-12-24)22-8-7-14-29(17-22)18(3)32/h9-13,15-16,22-23H,5-8,14,17H2,1-4H3. The Balaban J connectivity index is 1.64. The van der Waals surface area contributed by atoms with Gasteiger partial charge in [0.15, 0.2) is 0 Å². The van der Waals surface area contributed by atoms with Crippen molar-refractivity contribution in [1.82, 2.24) is 19.4 Å². The molecule has 7 nitrogen and oxygen atoms in total. The fourth-order valence-electron chi connectivity index (χ4n) is 4.88. The molecular weight excluding hydrogens is 414 g/mol. The van der Waals surface area contributed by atoms with E-state index in [1.54, 1.807) is 18.0 Å². The average molecular weight is 448 g/mol. The summed E-state index contributed by atoms with van der Waals surface area (Å²) in [5.74, 6) is 0.695. The number of likely N-dealkylation sites (tertiary alicyclic amines) is 1. The Morgan fingerprint density at radius 3 is 2.48 bits per heavy atom. The van der Waals surface area contributed by atoms with Gasteiger partial charge in [-0.3, -0.25) is 9.59 Å². The number of fused-ring (bicyclic) bond motifs is 1. The predicted octanol–water partition coefficient (Wildman–Crippen LogP) is 5.20. The van der Waals surface area contributed by atoms with Crippen molar-refractivity contribution in [2.24, 2.45) is 0 Å². The maximum Gasteiger partial charge on any atom is 0.238 e. The highest BCUT2D eigenvalue weighted by Gasteiger charge is 2.24. The Morgan fingerprint density at radius 1 is 1.12 bits per heavy atom. The summed E-state index contributed by atoms with van der Waals surface area (Å²) in [5.41, 5.74) is 2.78. The van der Waals surface area contributed by atoms with Crippen LogP contribution in [0.2, 0.25) is 0 Å². The van der Waals surface area contributed by atoms with Gasteiger partial charge in [0.1, 0.15) is 5.65 Å². The van der Waals surface area contributed by atoms with Crippen LogP contribution in [0.5, 0.6) is 0 Å². The number of carbonyl (C=O) groups is 2. The van der Waals surface area contributed by atoms with Gasteiger partial charge in [-0.05, 0) is 49.4 Å². The van der Waals surface area contributed by atoms with Crippen LogP contribution in [0.3, 0.4) is 0 Å². The van der Waals surface area contributed by atoms with Crippen LogP contribution in [0.4, 0.5) is 11.6 Å². The Labute approximate surface area is 195 Å². The summed E-state index contributed by atoms with van der Waals surface area (Å²) in [7, 11) is 0. The molecule has 1 saturated heterocycles. The molecule has 1 aromatic carbocycles. The number of piperidine rings is 1. The second-order valence-corrected chi connectivity index (χ2v) is 8.89. The molecule has 1 aliphatic heterocycles. The van der Waals surface area contributed by atoms with Crippen LogP contribution in [0.1, 0.15) is 70.9 Å². The lowest BCUT2D eigenvalue weighted by atomic mass is 9.90. The van der Waals surface area contributed by atoms with Crippen LogP contribution in [0.25, 0.3) is 11.0 Å². The Hall–Kier alpha value is -3.22. The van der Waals surface area contributed by atoms with E-state index >= 15 is 0 Å². The number of hydrogen-bond donors (Lipinski definition) is 0. The second-order valence-electron chi connectivity index (χ2n) is 8.89. The maximum atomic E-state index is 12.6. The van der Waals surface area contributed by atoms with Gasteiger partial charge in [-0.2, -0.15) is 4.98 Å². The third kappa shape index (κ3) is 4.63. The van der Waals surface area contributed by atoms with Gasteiger partial charge in [-0.1, -0.05) is 26.0 Å². The minimum absolute atomic E-state index is 0.129. The number of anilines is 2. The zero-order valence-electron chi connectivity index (χ0n) is 20.0. The molecule has 3 heterocycles. The van der Waals surface area contributed by atoms with Crippen LogP contribution in [0, 0.1) is 0 Å². The van der Waals surface area contributed by atoms with Crippen LogP contribution in [-0.2, 0) is 9.59 Å². The van der Waals surface area contributed by atoms with E-state index in [0.29, 0.717) is 17.9 Å². The van der Waals surface area contributed by atoms with Gasteiger partial charge >= 0.3 is 0 Å². The molecule has 2 amide bonds. The van der Waals surface area contributed by atoms with Gasteiger partial charge in [0.05, 0.1) is 5.69 Å². The topological polar surface area (TPSA) is 71.3 Å². The van der Waals surface area contributed by atoms with Crippen molar-refractivity contribution in [3.05, 3.63) is 48.3 Å². The smallest absolute Gasteiger partial charge is 0.238 e. The van der Waals surface area contributed by atoms with Crippen LogP contribution < -0.4 is 4.90 Å². The normalized spacial score (nSPS) is 16.4. The van der Waals surface area contributed by atoms with E-state index in [2.05, 4.69) is 41.7 Å². The third-order valence-corrected chi connectivity index (χ3v) is 6.78. The summed E-state index contributed by atoms with van der Waals surface area (Å²) < 4.78 is 2.19. The van der Waals surface area contributed by atoms with E-state index in [1.165, 1.54) is 12.5 Å². The second kappa shape index (κ2) is 9.73. The van der Waals surface area contributed by atoms with E-state index in [1.807, 2.05) is 23.1 Å². The van der Waals surface area contributed by atoms with Crippen molar-refractivity contribution in [2.75, 3.05) is 18.0 Å². The zero-order chi connectivity index (χ0) is 23.5. The highest BCUT2D eigenvalue weighted by molar-refractivity contribution is 5.97. The van der Waals surface area contributed by atoms with E-state index in [0.717, 1.165) is 55.5 Å². The number of carbonyl (C=O) groups excluding carboxylic acids is 2. The molecule has 174 valence electrons. The first-order valence-corrected chi connectivity index (χ1v) is 11.9. The summed E-state index contributed by atoms with van der Waals surface area (Å²) in [4.78, 5) is 37.2. The fourth-order valence-corrected chi connectivity index (χ4v) is 4.88. The largest absolute Gasteiger partial charge is 0.342 e. The molecule has 2 aromatic heterocycles. The number of benzene rings is 1. The van der Waals surface area contributed by atoms with E-state index < -0.39 is 0 Å². The molecule has 3 aromatic rings. The third-order valence-electron chi connectivity index (χ3n) is 6.78. The van der Waals surface area contributed by atoms with E-state index in [4.69, 9.17) is 4.98 Å². The number of aromatic nitrogens is 3. The van der Waals surface area contributed by atoms with Gasteiger partial charge in [0, 0.05) is 56.7 Å². The lowest BCUT2D eigenvalue weighted by molar-refractivity contribution is -0.130. The minimum Gasteiger partial charge on any atom is -0.342 e. The van der Waals surface area contributed by atoms with Gasteiger partial charge in [-0.15, -0.1) is 0 Å². The molecule has 0 spiro atoms. The molecule has 1 aliphatic rings. The van der Waals surface area contributed by atoms with E-state index in [9.17, 15) is 9.59 Å². The number of rotatable bonds is 6. The first kappa shape index (κ1) is 23.0. The maximum absolute atomic E-state index is 12.6. The summed E-state index contributed by atoms with van der Waals surface area (Å²) in [6, 6.07) is 10.4. The van der Waals surface area contributed by atoms with Gasteiger partial charge in [0.2, 0.25) is 17.8 Å². The summed E-state index contributed by atoms with van der Waals surface area (Å²) in [6.07, 6.45) is 7.95. The Kier molecular flexibility index (Phi) is 6.77. The van der Waals surface area contributed by atoms with Crippen molar-refractivity contribution < 1.29 is 9.59 Å². The van der Waals surface area contributed by atoms with E-state index in [-0.39, 0.29) is 11.8 Å². The molecular formula is C26H33N5O2. The lowest BCUT2D eigenvalue weighted by Gasteiger charge is -2.32. The molecule has 7 heteroatoms. The number of hydrogen-bond acceptors (Lipinski definition) is 4. The monoisotopic (exact) mass is 447 g/mol. The van der Waals surface area contributed by atoms with Crippen LogP contribution >= 0.6 is 0 Å². The van der Waals surface area contributed by atoms with Crippen molar-refractivity contribution >= 4 is 34.5 Å². The summed E-state index contributed by atoms with van der Waals surface area (Å²) in [5, 5.41) is 0.969. The average Bonchev–Trinajstić information content (AvgIpc) is 3.24. The molecule has 1 fully saturated rings. The highest BCUT2D eigenvalue weighted by Crippen LogP contribution is 2.31. The van der Waals surface area contributed by atoms with Crippen molar-refractivity contribution in [2.45, 2.75) is 65.3 Å². The summed E-state index contributed by atoms with van der Waals surface area (Å²) in [6.45, 7) is 9.10. The molecule has 0 aliphatic carbocycles. The molecule has 0 bridgehead atoms. The molecule has 1 unspecified atom stereocenters. The van der Waals surface area contributed by atoms with Crippen molar-refractivity contribution in [1.29, 1.82) is 0 Å². The SMILES string of the molecule is CCC(CC)n1ccc2cnc(N(C(C)=O)c3ccc(C4CCCN(C(C)=O)C4)cc3)nc21. The highest BCUT2D eigenvalue weighted by atomic mass is 16.2. The van der Waals surface area contributed by atoms with Gasteiger partial charge in [-0.25, -0.2) is 9.88 Å². The zero-order valence-corrected chi connectivity index (χ0v) is 20.0.